The molecular weight excluding hydrogens is 268 g/mol. The molecule has 1 heterocycles. The minimum atomic E-state index is -0.423. The molecule has 0 aromatic heterocycles. The lowest BCUT2D eigenvalue weighted by Gasteiger charge is -2.25. The highest BCUT2D eigenvalue weighted by atomic mass is 35.5. The average Bonchev–Trinajstić information content (AvgIpc) is 2.89. The van der Waals surface area contributed by atoms with Crippen LogP contribution in [0.5, 0.6) is 0 Å². The highest BCUT2D eigenvalue weighted by Crippen LogP contribution is 2.22. The Morgan fingerprint density at radius 2 is 2.42 bits per heavy atom. The van der Waals surface area contributed by atoms with Gasteiger partial charge in [0.2, 0.25) is 0 Å². The lowest BCUT2D eigenvalue weighted by Crippen LogP contribution is -2.45. The number of hydrogen-bond donors (Lipinski definition) is 2. The number of benzene rings is 1. The monoisotopic (exact) mass is 284 g/mol. The van der Waals surface area contributed by atoms with E-state index in [1.165, 1.54) is 0 Å². The van der Waals surface area contributed by atoms with Gasteiger partial charge >= 0.3 is 0 Å². The minimum Gasteiger partial charge on any atom is -0.398 e. The molecule has 1 saturated heterocycles. The van der Waals surface area contributed by atoms with Crippen LogP contribution in [-0.4, -0.2) is 38.4 Å². The lowest BCUT2D eigenvalue weighted by molar-refractivity contribution is -0.0148. The van der Waals surface area contributed by atoms with Crippen molar-refractivity contribution in [3.05, 3.63) is 28.8 Å². The van der Waals surface area contributed by atoms with Crippen LogP contribution in [0.1, 0.15) is 16.8 Å². The Bertz CT molecular complexity index is 473. The fourth-order valence-corrected chi connectivity index (χ4v) is 2.15. The maximum Gasteiger partial charge on any atom is 0.251 e. The minimum absolute atomic E-state index is 0.203. The number of rotatable bonds is 4. The summed E-state index contributed by atoms with van der Waals surface area (Å²) in [6, 6.07) is 4.81. The average molecular weight is 285 g/mol. The second kappa shape index (κ2) is 5.77. The quantitative estimate of drug-likeness (QED) is 0.821. The third kappa shape index (κ3) is 3.18. The number of carbonyl (C=O) groups is 1. The van der Waals surface area contributed by atoms with Crippen molar-refractivity contribution < 1.29 is 14.3 Å². The molecule has 5 nitrogen and oxygen atoms in total. The standard InChI is InChI=1S/C13H17ClN2O3/c1-18-13(4-5-19-8-13)7-16-12(17)9-2-3-11(15)10(14)6-9/h2-3,6H,4-5,7-8,15H2,1H3,(H,16,17). The molecule has 0 bridgehead atoms. The fraction of sp³-hybridized carbons (Fsp3) is 0.462. The van der Waals surface area contributed by atoms with Crippen LogP contribution in [0.25, 0.3) is 0 Å². The number of anilines is 1. The predicted molar refractivity (Wildman–Crippen MR) is 73.4 cm³/mol. The van der Waals surface area contributed by atoms with Gasteiger partial charge in [-0.25, -0.2) is 0 Å². The van der Waals surface area contributed by atoms with Gasteiger partial charge in [0.1, 0.15) is 5.60 Å². The van der Waals surface area contributed by atoms with Gasteiger partial charge in [0.05, 0.1) is 17.3 Å². The van der Waals surface area contributed by atoms with Gasteiger partial charge in [-0.15, -0.1) is 0 Å². The third-order valence-corrected chi connectivity index (χ3v) is 3.66. The van der Waals surface area contributed by atoms with Crippen LogP contribution in [0.2, 0.25) is 5.02 Å². The SMILES string of the molecule is COC1(CNC(=O)c2ccc(N)c(Cl)c2)CCOC1. The van der Waals surface area contributed by atoms with Crippen molar-refractivity contribution in [2.45, 2.75) is 12.0 Å². The lowest BCUT2D eigenvalue weighted by atomic mass is 10.0. The molecule has 1 aromatic carbocycles. The zero-order valence-corrected chi connectivity index (χ0v) is 11.5. The van der Waals surface area contributed by atoms with E-state index in [0.717, 1.165) is 6.42 Å². The summed E-state index contributed by atoms with van der Waals surface area (Å²) < 4.78 is 10.8. The molecule has 104 valence electrons. The summed E-state index contributed by atoms with van der Waals surface area (Å²) in [7, 11) is 1.63. The first-order chi connectivity index (χ1) is 9.06. The number of ether oxygens (including phenoxy) is 2. The fourth-order valence-electron chi connectivity index (χ4n) is 1.97. The number of methoxy groups -OCH3 is 1. The van der Waals surface area contributed by atoms with Gasteiger partial charge in [-0.2, -0.15) is 0 Å². The van der Waals surface area contributed by atoms with Crippen molar-refractivity contribution in [2.75, 3.05) is 32.6 Å². The summed E-state index contributed by atoms with van der Waals surface area (Å²) in [4.78, 5) is 12.0. The molecule has 2 rings (SSSR count). The Labute approximate surface area is 117 Å². The number of amides is 1. The Morgan fingerprint density at radius 3 is 3.00 bits per heavy atom. The van der Waals surface area contributed by atoms with Gasteiger partial charge in [-0.1, -0.05) is 11.6 Å². The van der Waals surface area contributed by atoms with Gasteiger partial charge in [-0.05, 0) is 18.2 Å². The van der Waals surface area contributed by atoms with E-state index in [1.54, 1.807) is 25.3 Å². The summed E-state index contributed by atoms with van der Waals surface area (Å²) in [6.07, 6.45) is 0.770. The van der Waals surface area contributed by atoms with Crippen molar-refractivity contribution in [2.24, 2.45) is 0 Å². The third-order valence-electron chi connectivity index (χ3n) is 3.33. The zero-order valence-electron chi connectivity index (χ0n) is 10.7. The van der Waals surface area contributed by atoms with Crippen molar-refractivity contribution >= 4 is 23.2 Å². The van der Waals surface area contributed by atoms with E-state index in [-0.39, 0.29) is 5.91 Å². The molecule has 1 atom stereocenters. The van der Waals surface area contributed by atoms with Crippen LogP contribution < -0.4 is 11.1 Å². The van der Waals surface area contributed by atoms with Crippen LogP contribution in [0.15, 0.2) is 18.2 Å². The van der Waals surface area contributed by atoms with Crippen molar-refractivity contribution in [1.82, 2.24) is 5.32 Å². The molecule has 1 aromatic rings. The second-order valence-corrected chi connectivity index (χ2v) is 5.02. The Balaban J connectivity index is 1.99. The normalized spacial score (nSPS) is 22.4. The van der Waals surface area contributed by atoms with Crippen LogP contribution in [0.3, 0.4) is 0 Å². The summed E-state index contributed by atoms with van der Waals surface area (Å²) in [5, 5.41) is 3.21. The summed E-state index contributed by atoms with van der Waals surface area (Å²) in [5.41, 5.74) is 6.11. The molecular formula is C13H17ClN2O3. The summed E-state index contributed by atoms with van der Waals surface area (Å²) >= 11 is 5.89. The molecule has 1 aliphatic heterocycles. The topological polar surface area (TPSA) is 73.6 Å². The van der Waals surface area contributed by atoms with Crippen molar-refractivity contribution in [3.63, 3.8) is 0 Å². The number of nitrogen functional groups attached to an aromatic ring is 1. The zero-order chi connectivity index (χ0) is 13.9. The molecule has 0 saturated carbocycles. The molecule has 19 heavy (non-hydrogen) atoms. The van der Waals surface area contributed by atoms with Gasteiger partial charge < -0.3 is 20.5 Å². The highest BCUT2D eigenvalue weighted by Gasteiger charge is 2.35. The maximum absolute atomic E-state index is 12.0. The Morgan fingerprint density at radius 1 is 1.63 bits per heavy atom. The van der Waals surface area contributed by atoms with E-state index >= 15 is 0 Å². The Kier molecular flexibility index (Phi) is 4.29. The molecule has 1 unspecified atom stereocenters. The number of halogens is 1. The van der Waals surface area contributed by atoms with Gasteiger partial charge in [0, 0.05) is 32.2 Å². The predicted octanol–water partition coefficient (Wildman–Crippen LogP) is 1.46. The van der Waals surface area contributed by atoms with Crippen LogP contribution in [0.4, 0.5) is 5.69 Å². The van der Waals surface area contributed by atoms with Gasteiger partial charge in [0.25, 0.3) is 5.91 Å². The van der Waals surface area contributed by atoms with Gasteiger partial charge in [-0.3, -0.25) is 4.79 Å². The number of carbonyl (C=O) groups excluding carboxylic acids is 1. The number of hydrogen-bond acceptors (Lipinski definition) is 4. The number of nitrogens with two attached hydrogens (primary N) is 1. The molecule has 1 aliphatic rings. The van der Waals surface area contributed by atoms with Crippen LogP contribution >= 0.6 is 11.6 Å². The van der Waals surface area contributed by atoms with E-state index in [1.807, 2.05) is 0 Å². The molecule has 0 spiro atoms. The molecule has 1 amide bonds. The molecule has 0 aliphatic carbocycles. The number of nitrogens with one attached hydrogen (secondary N) is 1. The first-order valence-corrected chi connectivity index (χ1v) is 6.40. The smallest absolute Gasteiger partial charge is 0.251 e. The van der Waals surface area contributed by atoms with E-state index in [2.05, 4.69) is 5.32 Å². The first-order valence-electron chi connectivity index (χ1n) is 6.02. The van der Waals surface area contributed by atoms with Crippen LogP contribution in [-0.2, 0) is 9.47 Å². The van der Waals surface area contributed by atoms with E-state index in [0.29, 0.717) is 36.0 Å². The summed E-state index contributed by atoms with van der Waals surface area (Å²) in [6.45, 7) is 1.55. The van der Waals surface area contributed by atoms with E-state index in [4.69, 9.17) is 26.8 Å². The van der Waals surface area contributed by atoms with Crippen LogP contribution in [0, 0.1) is 0 Å². The van der Waals surface area contributed by atoms with Gasteiger partial charge in [0.15, 0.2) is 0 Å². The van der Waals surface area contributed by atoms with Crippen molar-refractivity contribution in [3.8, 4) is 0 Å². The second-order valence-electron chi connectivity index (χ2n) is 4.61. The molecule has 1 fully saturated rings. The Hall–Kier alpha value is -1.30. The summed E-state index contributed by atoms with van der Waals surface area (Å²) in [5.74, 6) is -0.203. The largest absolute Gasteiger partial charge is 0.398 e. The van der Waals surface area contributed by atoms with Crippen molar-refractivity contribution in [1.29, 1.82) is 0 Å². The first kappa shape index (κ1) is 14.1. The highest BCUT2D eigenvalue weighted by molar-refractivity contribution is 6.33. The molecule has 3 N–H and O–H groups in total. The van der Waals surface area contributed by atoms with E-state index in [9.17, 15) is 4.79 Å². The van der Waals surface area contributed by atoms with E-state index < -0.39 is 5.60 Å². The molecule has 0 radical (unpaired) electrons. The maximum atomic E-state index is 12.0. The molecule has 6 heteroatoms.